The molecule has 1 aliphatic rings. The number of hydrogen-bond acceptors (Lipinski definition) is 6. The van der Waals surface area contributed by atoms with Crippen LogP contribution in [0.15, 0.2) is 33.7 Å². The molecule has 0 unspecified atom stereocenters. The van der Waals surface area contributed by atoms with E-state index >= 15 is 0 Å². The van der Waals surface area contributed by atoms with Crippen molar-refractivity contribution in [1.29, 1.82) is 0 Å². The minimum absolute atomic E-state index is 0.129. The standard InChI is InChI=1S/C19H26N4O4S/c1-14-20-18(22-27-14)19(2,3)21-17(24)13-15-7-9-16(10-8-15)28(25,26)23-11-5-4-6-12-23/h7-10H,4-6,11-13H2,1-3H3,(H,21,24). The fraction of sp³-hybridized carbons (Fsp3) is 0.526. The van der Waals surface area contributed by atoms with E-state index in [-0.39, 0.29) is 17.2 Å². The van der Waals surface area contributed by atoms with Crippen molar-refractivity contribution in [3.63, 3.8) is 0 Å². The third-order valence-corrected chi connectivity index (χ3v) is 6.69. The molecule has 1 saturated heterocycles. The van der Waals surface area contributed by atoms with Crippen molar-refractivity contribution < 1.29 is 17.7 Å². The predicted octanol–water partition coefficient (Wildman–Crippen LogP) is 2.15. The van der Waals surface area contributed by atoms with Gasteiger partial charge in [0.15, 0.2) is 5.82 Å². The predicted molar refractivity (Wildman–Crippen MR) is 103 cm³/mol. The topological polar surface area (TPSA) is 105 Å². The molecule has 0 aliphatic carbocycles. The van der Waals surface area contributed by atoms with Gasteiger partial charge in [-0.05, 0) is 44.4 Å². The lowest BCUT2D eigenvalue weighted by atomic mass is 10.0. The largest absolute Gasteiger partial charge is 0.344 e. The Morgan fingerprint density at radius 2 is 1.82 bits per heavy atom. The number of aryl methyl sites for hydroxylation is 1. The summed E-state index contributed by atoms with van der Waals surface area (Å²) >= 11 is 0. The zero-order valence-corrected chi connectivity index (χ0v) is 17.3. The van der Waals surface area contributed by atoms with Gasteiger partial charge in [0.2, 0.25) is 21.8 Å². The van der Waals surface area contributed by atoms with Crippen LogP contribution >= 0.6 is 0 Å². The first kappa shape index (κ1) is 20.5. The quantitative estimate of drug-likeness (QED) is 0.788. The van der Waals surface area contributed by atoms with Gasteiger partial charge in [-0.1, -0.05) is 23.7 Å². The second kappa shape index (κ2) is 8.00. The van der Waals surface area contributed by atoms with Gasteiger partial charge in [-0.3, -0.25) is 4.79 Å². The van der Waals surface area contributed by atoms with Crippen LogP contribution in [-0.2, 0) is 26.8 Å². The average molecular weight is 407 g/mol. The number of sulfonamides is 1. The molecule has 1 amide bonds. The lowest BCUT2D eigenvalue weighted by molar-refractivity contribution is -0.122. The van der Waals surface area contributed by atoms with Crippen LogP contribution in [0, 0.1) is 6.92 Å². The smallest absolute Gasteiger partial charge is 0.243 e. The summed E-state index contributed by atoms with van der Waals surface area (Å²) in [5.41, 5.74) is -0.0398. The maximum atomic E-state index is 12.7. The van der Waals surface area contributed by atoms with E-state index in [1.165, 1.54) is 4.31 Å². The molecule has 2 aromatic rings. The van der Waals surface area contributed by atoms with Crippen molar-refractivity contribution in [2.24, 2.45) is 0 Å². The van der Waals surface area contributed by atoms with E-state index in [2.05, 4.69) is 15.5 Å². The number of nitrogens with zero attached hydrogens (tertiary/aromatic N) is 3. The van der Waals surface area contributed by atoms with Crippen molar-refractivity contribution in [2.45, 2.75) is 56.9 Å². The molecule has 1 aliphatic heterocycles. The first-order chi connectivity index (χ1) is 13.2. The molecule has 9 heteroatoms. The molecular formula is C19H26N4O4S. The Kier molecular flexibility index (Phi) is 5.85. The summed E-state index contributed by atoms with van der Waals surface area (Å²) in [7, 11) is -3.46. The van der Waals surface area contributed by atoms with Gasteiger partial charge in [-0.15, -0.1) is 0 Å². The molecule has 0 bridgehead atoms. The van der Waals surface area contributed by atoms with Crippen LogP contribution in [0.4, 0.5) is 0 Å². The van der Waals surface area contributed by atoms with Gasteiger partial charge < -0.3 is 9.84 Å². The molecule has 0 saturated carbocycles. The highest BCUT2D eigenvalue weighted by Gasteiger charge is 2.29. The number of hydrogen-bond donors (Lipinski definition) is 1. The summed E-state index contributed by atoms with van der Waals surface area (Å²) in [6.45, 7) is 6.41. The molecule has 0 spiro atoms. The second-order valence-electron chi connectivity index (χ2n) is 7.60. The third-order valence-electron chi connectivity index (χ3n) is 4.78. The van der Waals surface area contributed by atoms with Crippen molar-refractivity contribution in [3.8, 4) is 0 Å². The molecule has 1 aromatic heterocycles. The fourth-order valence-corrected chi connectivity index (χ4v) is 4.74. The lowest BCUT2D eigenvalue weighted by Crippen LogP contribution is -2.42. The average Bonchev–Trinajstić information content (AvgIpc) is 3.10. The van der Waals surface area contributed by atoms with Gasteiger partial charge in [-0.25, -0.2) is 8.42 Å². The van der Waals surface area contributed by atoms with Gasteiger partial charge in [0, 0.05) is 20.0 Å². The summed E-state index contributed by atoms with van der Waals surface area (Å²) in [5.74, 6) is 0.628. The molecule has 28 heavy (non-hydrogen) atoms. The number of amides is 1. The van der Waals surface area contributed by atoms with Crippen LogP contribution in [0.2, 0.25) is 0 Å². The summed E-state index contributed by atoms with van der Waals surface area (Å²) in [6.07, 6.45) is 2.99. The van der Waals surface area contributed by atoms with Crippen LogP contribution in [-0.4, -0.2) is 41.9 Å². The molecule has 1 aromatic carbocycles. The number of benzene rings is 1. The van der Waals surface area contributed by atoms with Gasteiger partial charge in [-0.2, -0.15) is 9.29 Å². The molecule has 1 N–H and O–H groups in total. The highest BCUT2D eigenvalue weighted by molar-refractivity contribution is 7.89. The van der Waals surface area contributed by atoms with E-state index in [0.717, 1.165) is 24.8 Å². The Bertz CT molecular complexity index is 929. The van der Waals surface area contributed by atoms with Crippen LogP contribution < -0.4 is 5.32 Å². The van der Waals surface area contributed by atoms with Crippen molar-refractivity contribution >= 4 is 15.9 Å². The highest BCUT2D eigenvalue weighted by atomic mass is 32.2. The summed E-state index contributed by atoms with van der Waals surface area (Å²) in [4.78, 5) is 16.8. The minimum Gasteiger partial charge on any atom is -0.344 e. The zero-order chi connectivity index (χ0) is 20.4. The first-order valence-corrected chi connectivity index (χ1v) is 10.8. The number of nitrogens with one attached hydrogen (secondary N) is 1. The van der Waals surface area contributed by atoms with Crippen LogP contribution in [0.25, 0.3) is 0 Å². The Morgan fingerprint density at radius 3 is 2.39 bits per heavy atom. The maximum absolute atomic E-state index is 12.7. The third kappa shape index (κ3) is 4.59. The number of piperidine rings is 1. The molecule has 8 nitrogen and oxygen atoms in total. The molecule has 1 fully saturated rings. The Labute approximate surface area is 165 Å². The Morgan fingerprint density at radius 1 is 1.18 bits per heavy atom. The van der Waals surface area contributed by atoms with Crippen molar-refractivity contribution in [3.05, 3.63) is 41.5 Å². The van der Waals surface area contributed by atoms with Crippen LogP contribution in [0.5, 0.6) is 0 Å². The Hall–Kier alpha value is -2.26. The van der Waals surface area contributed by atoms with Crippen molar-refractivity contribution in [1.82, 2.24) is 19.8 Å². The van der Waals surface area contributed by atoms with E-state index in [4.69, 9.17) is 4.52 Å². The highest BCUT2D eigenvalue weighted by Crippen LogP contribution is 2.21. The summed E-state index contributed by atoms with van der Waals surface area (Å²) < 4.78 is 31.9. The normalized spacial score (nSPS) is 16.1. The van der Waals surface area contributed by atoms with Gasteiger partial charge in [0.1, 0.15) is 0 Å². The van der Waals surface area contributed by atoms with E-state index in [1.807, 2.05) is 0 Å². The number of aromatic nitrogens is 2. The number of carbonyl (C=O) groups excluding carboxylic acids is 1. The van der Waals surface area contributed by atoms with E-state index in [0.29, 0.717) is 24.8 Å². The van der Waals surface area contributed by atoms with Crippen LogP contribution in [0.1, 0.15) is 50.4 Å². The monoisotopic (exact) mass is 406 g/mol. The second-order valence-corrected chi connectivity index (χ2v) is 9.53. The minimum atomic E-state index is -3.46. The van der Waals surface area contributed by atoms with E-state index in [1.54, 1.807) is 45.0 Å². The number of carbonyl (C=O) groups is 1. The van der Waals surface area contributed by atoms with E-state index < -0.39 is 15.6 Å². The van der Waals surface area contributed by atoms with Gasteiger partial charge in [0.25, 0.3) is 0 Å². The first-order valence-electron chi connectivity index (χ1n) is 9.39. The maximum Gasteiger partial charge on any atom is 0.243 e. The lowest BCUT2D eigenvalue weighted by Gasteiger charge is -2.26. The molecule has 2 heterocycles. The SMILES string of the molecule is Cc1nc(C(C)(C)NC(=O)Cc2ccc(S(=O)(=O)N3CCCCC3)cc2)no1. The molecular weight excluding hydrogens is 380 g/mol. The summed E-state index contributed by atoms with van der Waals surface area (Å²) in [6, 6.07) is 6.50. The molecule has 0 atom stereocenters. The Balaban J connectivity index is 1.64. The van der Waals surface area contributed by atoms with Gasteiger partial charge >= 0.3 is 0 Å². The molecule has 152 valence electrons. The summed E-state index contributed by atoms with van der Waals surface area (Å²) in [5, 5.41) is 6.74. The zero-order valence-electron chi connectivity index (χ0n) is 16.4. The van der Waals surface area contributed by atoms with E-state index in [9.17, 15) is 13.2 Å². The fourth-order valence-electron chi connectivity index (χ4n) is 3.22. The number of rotatable bonds is 6. The van der Waals surface area contributed by atoms with Crippen LogP contribution in [0.3, 0.4) is 0 Å². The van der Waals surface area contributed by atoms with Crippen molar-refractivity contribution in [2.75, 3.05) is 13.1 Å². The van der Waals surface area contributed by atoms with Gasteiger partial charge in [0.05, 0.1) is 16.9 Å². The molecule has 0 radical (unpaired) electrons. The molecule has 3 rings (SSSR count).